The molecule has 0 aromatic heterocycles. The number of Topliss-reactive ketones (excluding diaryl/α,β-unsaturated/α-hetero) is 1. The number of carbonyl (C=O) groups is 2. The van der Waals surface area contributed by atoms with Gasteiger partial charge in [0, 0.05) is 32.8 Å². The summed E-state index contributed by atoms with van der Waals surface area (Å²) in [5, 5.41) is 2.75. The molecule has 6 nitrogen and oxygen atoms in total. The summed E-state index contributed by atoms with van der Waals surface area (Å²) < 4.78 is 15.9. The standard InChI is InChI=1S/C20H31NO5/c1-2-19(22)17-25-15-9-14-24-13-8-4-7-12-21-20(23)26-16-18-10-5-3-6-11-18/h3,5-6,10-11H,2,4,7-9,12-17H2,1H3,(H,21,23). The Kier molecular flexibility index (Phi) is 13.1. The van der Waals surface area contributed by atoms with E-state index in [0.717, 1.165) is 31.2 Å². The predicted molar refractivity (Wildman–Crippen MR) is 100 cm³/mol. The highest BCUT2D eigenvalue weighted by Gasteiger charge is 2.01. The van der Waals surface area contributed by atoms with Crippen LogP contribution in [0.2, 0.25) is 0 Å². The lowest BCUT2D eigenvalue weighted by atomic mass is 10.2. The molecule has 1 N–H and O–H groups in total. The molecule has 146 valence electrons. The third kappa shape index (κ3) is 12.4. The highest BCUT2D eigenvalue weighted by atomic mass is 16.5. The molecule has 0 aliphatic carbocycles. The van der Waals surface area contributed by atoms with Gasteiger partial charge in [-0.15, -0.1) is 0 Å². The van der Waals surface area contributed by atoms with E-state index in [1.807, 2.05) is 37.3 Å². The average Bonchev–Trinajstić information content (AvgIpc) is 2.67. The van der Waals surface area contributed by atoms with Gasteiger partial charge in [0.25, 0.3) is 0 Å². The van der Waals surface area contributed by atoms with Crippen molar-refractivity contribution in [1.29, 1.82) is 0 Å². The van der Waals surface area contributed by atoms with Crippen LogP contribution in [0.3, 0.4) is 0 Å². The maximum atomic E-state index is 11.5. The van der Waals surface area contributed by atoms with Gasteiger partial charge in [-0.3, -0.25) is 4.79 Å². The van der Waals surface area contributed by atoms with Crippen LogP contribution >= 0.6 is 0 Å². The number of ether oxygens (including phenoxy) is 3. The summed E-state index contributed by atoms with van der Waals surface area (Å²) in [5.41, 5.74) is 0.974. The third-order valence-electron chi connectivity index (χ3n) is 3.68. The molecule has 6 heteroatoms. The van der Waals surface area contributed by atoms with E-state index < -0.39 is 0 Å². The summed E-state index contributed by atoms with van der Waals surface area (Å²) >= 11 is 0. The molecule has 1 aromatic carbocycles. The maximum absolute atomic E-state index is 11.5. The molecule has 0 radical (unpaired) electrons. The monoisotopic (exact) mass is 365 g/mol. The van der Waals surface area contributed by atoms with Gasteiger partial charge < -0.3 is 19.5 Å². The molecular formula is C20H31NO5. The van der Waals surface area contributed by atoms with E-state index >= 15 is 0 Å². The summed E-state index contributed by atoms with van der Waals surface area (Å²) in [6, 6.07) is 9.60. The largest absolute Gasteiger partial charge is 0.445 e. The first kappa shape index (κ1) is 22.1. The van der Waals surface area contributed by atoms with Crippen molar-refractivity contribution in [2.45, 2.75) is 45.6 Å². The van der Waals surface area contributed by atoms with E-state index in [1.165, 1.54) is 0 Å². The van der Waals surface area contributed by atoms with Crippen LogP contribution < -0.4 is 5.32 Å². The van der Waals surface area contributed by atoms with Crippen molar-refractivity contribution in [3.63, 3.8) is 0 Å². The van der Waals surface area contributed by atoms with Gasteiger partial charge in [0.05, 0.1) is 0 Å². The summed E-state index contributed by atoms with van der Waals surface area (Å²) in [4.78, 5) is 22.6. The van der Waals surface area contributed by atoms with Crippen molar-refractivity contribution in [3.8, 4) is 0 Å². The Bertz CT molecular complexity index is 492. The SMILES string of the molecule is CCC(=O)COCCCOCCCCCNC(=O)OCc1ccccc1. The second-order valence-corrected chi connectivity index (χ2v) is 5.96. The van der Waals surface area contributed by atoms with Crippen molar-refractivity contribution < 1.29 is 23.8 Å². The molecule has 0 saturated heterocycles. The average molecular weight is 365 g/mol. The minimum absolute atomic E-state index is 0.128. The fourth-order valence-electron chi connectivity index (χ4n) is 2.12. The fourth-order valence-corrected chi connectivity index (χ4v) is 2.12. The summed E-state index contributed by atoms with van der Waals surface area (Å²) in [5.74, 6) is 0.128. The molecule has 0 heterocycles. The van der Waals surface area contributed by atoms with Gasteiger partial charge in [-0.05, 0) is 31.2 Å². The van der Waals surface area contributed by atoms with Crippen LogP contribution in [-0.4, -0.2) is 44.8 Å². The van der Waals surface area contributed by atoms with Crippen molar-refractivity contribution in [2.24, 2.45) is 0 Å². The number of alkyl carbamates (subject to hydrolysis) is 1. The van der Waals surface area contributed by atoms with Gasteiger partial charge in [-0.1, -0.05) is 37.3 Å². The van der Waals surface area contributed by atoms with E-state index in [9.17, 15) is 9.59 Å². The number of hydrogen-bond acceptors (Lipinski definition) is 5. The zero-order valence-electron chi connectivity index (χ0n) is 15.7. The number of rotatable bonds is 15. The van der Waals surface area contributed by atoms with Crippen LogP contribution in [0.1, 0.15) is 44.6 Å². The normalized spacial score (nSPS) is 10.5. The second kappa shape index (κ2) is 15.3. The van der Waals surface area contributed by atoms with E-state index in [-0.39, 0.29) is 25.1 Å². The van der Waals surface area contributed by atoms with Gasteiger partial charge in [0.1, 0.15) is 13.2 Å². The van der Waals surface area contributed by atoms with Crippen molar-refractivity contribution in [1.82, 2.24) is 5.32 Å². The zero-order valence-corrected chi connectivity index (χ0v) is 15.7. The number of nitrogens with one attached hydrogen (secondary N) is 1. The van der Waals surface area contributed by atoms with Crippen molar-refractivity contribution in [3.05, 3.63) is 35.9 Å². The summed E-state index contributed by atoms with van der Waals surface area (Å²) in [6.45, 7) is 4.83. The molecule has 0 aliphatic rings. The van der Waals surface area contributed by atoms with E-state index in [4.69, 9.17) is 14.2 Å². The molecule has 0 unspecified atom stereocenters. The number of benzene rings is 1. The number of carbonyl (C=O) groups excluding carboxylic acids is 2. The smallest absolute Gasteiger partial charge is 0.407 e. The second-order valence-electron chi connectivity index (χ2n) is 5.96. The van der Waals surface area contributed by atoms with Crippen molar-refractivity contribution in [2.75, 3.05) is 33.0 Å². The van der Waals surface area contributed by atoms with Crippen LogP contribution in [0.15, 0.2) is 30.3 Å². The highest BCUT2D eigenvalue weighted by molar-refractivity contribution is 5.79. The van der Waals surface area contributed by atoms with Gasteiger partial charge >= 0.3 is 6.09 Å². The lowest BCUT2D eigenvalue weighted by Crippen LogP contribution is -2.25. The van der Waals surface area contributed by atoms with Crippen LogP contribution in [0.5, 0.6) is 0 Å². The third-order valence-corrected chi connectivity index (χ3v) is 3.68. The molecule has 1 rings (SSSR count). The molecular weight excluding hydrogens is 334 g/mol. The van der Waals surface area contributed by atoms with Gasteiger partial charge in [0.2, 0.25) is 0 Å². The Morgan fingerprint density at radius 2 is 1.65 bits per heavy atom. The highest BCUT2D eigenvalue weighted by Crippen LogP contribution is 2.01. The van der Waals surface area contributed by atoms with Crippen LogP contribution in [-0.2, 0) is 25.6 Å². The molecule has 0 aliphatic heterocycles. The Hall–Kier alpha value is -1.92. The minimum Gasteiger partial charge on any atom is -0.445 e. The van der Waals surface area contributed by atoms with Crippen LogP contribution in [0.4, 0.5) is 4.79 Å². The molecule has 0 saturated carbocycles. The lowest BCUT2D eigenvalue weighted by molar-refractivity contribution is -0.123. The molecule has 0 atom stereocenters. The summed E-state index contributed by atoms with van der Waals surface area (Å²) in [7, 11) is 0. The molecule has 0 spiro atoms. The molecule has 0 bridgehead atoms. The Morgan fingerprint density at radius 3 is 2.42 bits per heavy atom. The molecule has 0 fully saturated rings. The predicted octanol–water partition coefficient (Wildman–Crippen LogP) is 3.49. The van der Waals surface area contributed by atoms with Gasteiger partial charge in [-0.2, -0.15) is 0 Å². The van der Waals surface area contributed by atoms with E-state index in [1.54, 1.807) is 0 Å². The number of hydrogen-bond donors (Lipinski definition) is 1. The first-order chi connectivity index (χ1) is 12.7. The van der Waals surface area contributed by atoms with E-state index in [0.29, 0.717) is 32.8 Å². The lowest BCUT2D eigenvalue weighted by Gasteiger charge is -2.07. The van der Waals surface area contributed by atoms with Crippen molar-refractivity contribution >= 4 is 11.9 Å². The van der Waals surface area contributed by atoms with Crippen LogP contribution in [0.25, 0.3) is 0 Å². The topological polar surface area (TPSA) is 73.9 Å². The quantitative estimate of drug-likeness (QED) is 0.482. The maximum Gasteiger partial charge on any atom is 0.407 e. The Balaban J connectivity index is 1.81. The van der Waals surface area contributed by atoms with Crippen LogP contribution in [0, 0.1) is 0 Å². The molecule has 26 heavy (non-hydrogen) atoms. The first-order valence-electron chi connectivity index (χ1n) is 9.34. The van der Waals surface area contributed by atoms with E-state index in [2.05, 4.69) is 5.32 Å². The number of ketones is 1. The molecule has 1 aromatic rings. The minimum atomic E-state index is -0.383. The first-order valence-corrected chi connectivity index (χ1v) is 9.34. The van der Waals surface area contributed by atoms with Gasteiger partial charge in [0.15, 0.2) is 5.78 Å². The number of amides is 1. The Labute approximate surface area is 156 Å². The van der Waals surface area contributed by atoms with Gasteiger partial charge in [-0.25, -0.2) is 4.79 Å². The summed E-state index contributed by atoms with van der Waals surface area (Å²) in [6.07, 6.45) is 3.77. The zero-order chi connectivity index (χ0) is 18.9. The fraction of sp³-hybridized carbons (Fsp3) is 0.600. The Morgan fingerprint density at radius 1 is 0.923 bits per heavy atom. The molecule has 1 amide bonds. The number of unbranched alkanes of at least 4 members (excludes halogenated alkanes) is 2.